The van der Waals surface area contributed by atoms with Crippen molar-refractivity contribution in [3.8, 4) is 0 Å². The molecule has 0 spiro atoms. The summed E-state index contributed by atoms with van der Waals surface area (Å²) in [5.74, 6) is 0. The van der Waals surface area contributed by atoms with Crippen LogP contribution in [0.1, 0.15) is 40.0 Å². The summed E-state index contributed by atoms with van der Waals surface area (Å²) in [4.78, 5) is 11.3. The van der Waals surface area contributed by atoms with Gasteiger partial charge >= 0.3 is 12.2 Å². The van der Waals surface area contributed by atoms with Gasteiger partial charge in [0.25, 0.3) is 0 Å². The van der Waals surface area contributed by atoms with Gasteiger partial charge in [0.1, 0.15) is 6.54 Å². The van der Waals surface area contributed by atoms with Gasteiger partial charge in [-0.25, -0.2) is 4.79 Å². The summed E-state index contributed by atoms with van der Waals surface area (Å²) < 4.78 is 35.6. The molecule has 0 rings (SSSR count). The third-order valence-corrected chi connectivity index (χ3v) is 2.86. The van der Waals surface area contributed by atoms with Crippen molar-refractivity contribution in [2.75, 3.05) is 6.54 Å². The molecule has 0 bridgehead atoms. The van der Waals surface area contributed by atoms with Crippen LogP contribution in [0.4, 0.5) is 18.0 Å². The predicted molar refractivity (Wildman–Crippen MR) is 56.2 cm³/mol. The smallest absolute Gasteiger partial charge is 0.333 e. The lowest BCUT2D eigenvalue weighted by Gasteiger charge is -2.31. The molecule has 0 atom stereocenters. The molecule has 16 heavy (non-hydrogen) atoms. The van der Waals surface area contributed by atoms with E-state index < -0.39 is 24.3 Å². The van der Waals surface area contributed by atoms with Crippen molar-refractivity contribution >= 4 is 6.03 Å². The normalized spacial score (nSPS) is 12.4. The first-order chi connectivity index (χ1) is 7.28. The Balaban J connectivity index is 4.21. The number of hydrogen-bond acceptors (Lipinski definition) is 1. The highest BCUT2D eigenvalue weighted by atomic mass is 19.4. The average molecular weight is 240 g/mol. The molecule has 3 nitrogen and oxygen atoms in total. The van der Waals surface area contributed by atoms with Crippen LogP contribution in [0.5, 0.6) is 0 Å². The maximum atomic E-state index is 11.9. The fourth-order valence-corrected chi connectivity index (χ4v) is 1.48. The predicted octanol–water partition coefficient (Wildman–Crippen LogP) is 2.82. The number of rotatable bonds is 5. The molecule has 6 heteroatoms. The van der Waals surface area contributed by atoms with E-state index >= 15 is 0 Å². The van der Waals surface area contributed by atoms with Crippen LogP contribution >= 0.6 is 0 Å². The highest BCUT2D eigenvalue weighted by molar-refractivity contribution is 5.74. The number of carbonyl (C=O) groups is 1. The van der Waals surface area contributed by atoms with Crippen molar-refractivity contribution in [3.05, 3.63) is 0 Å². The second-order valence-electron chi connectivity index (χ2n) is 3.76. The van der Waals surface area contributed by atoms with E-state index in [0.717, 1.165) is 0 Å². The van der Waals surface area contributed by atoms with Crippen LogP contribution in [0.2, 0.25) is 0 Å². The Bertz CT molecular complexity index is 216. The Kier molecular flexibility index (Phi) is 5.61. The lowest BCUT2D eigenvalue weighted by Crippen LogP contribution is -2.52. The van der Waals surface area contributed by atoms with Gasteiger partial charge < -0.3 is 10.6 Å². The summed E-state index contributed by atoms with van der Waals surface area (Å²) in [6.45, 7) is 4.40. The van der Waals surface area contributed by atoms with E-state index in [1.54, 1.807) is 5.32 Å². The molecule has 0 radical (unpaired) electrons. The molecule has 0 saturated carbocycles. The first kappa shape index (κ1) is 15.1. The van der Waals surface area contributed by atoms with Crippen LogP contribution in [-0.4, -0.2) is 24.3 Å². The zero-order valence-electron chi connectivity index (χ0n) is 9.87. The molecule has 2 amide bonds. The number of nitrogens with one attached hydrogen (secondary N) is 2. The van der Waals surface area contributed by atoms with Crippen LogP contribution < -0.4 is 10.6 Å². The van der Waals surface area contributed by atoms with Crippen LogP contribution in [0.25, 0.3) is 0 Å². The van der Waals surface area contributed by atoms with Gasteiger partial charge in [0, 0.05) is 5.54 Å². The summed E-state index contributed by atoms with van der Waals surface area (Å²) in [5.41, 5.74) is -0.407. The molecular formula is C10H19F3N2O. The summed E-state index contributed by atoms with van der Waals surface area (Å²) in [5, 5.41) is 4.41. The standard InChI is InChI=1S/C10H19F3N2O/c1-4-9(5-2,6-3)15-8(16)14-7-10(11,12)13/h4-7H2,1-3H3,(H2,14,15,16). The molecule has 0 aromatic rings. The highest BCUT2D eigenvalue weighted by Gasteiger charge is 2.30. The molecule has 0 unspecified atom stereocenters. The first-order valence-corrected chi connectivity index (χ1v) is 5.41. The quantitative estimate of drug-likeness (QED) is 0.762. The monoisotopic (exact) mass is 240 g/mol. The topological polar surface area (TPSA) is 41.1 Å². The van der Waals surface area contributed by atoms with E-state index in [1.165, 1.54) is 0 Å². The number of hydrogen-bond donors (Lipinski definition) is 2. The third kappa shape index (κ3) is 5.23. The van der Waals surface area contributed by atoms with Crippen molar-refractivity contribution in [1.82, 2.24) is 10.6 Å². The highest BCUT2D eigenvalue weighted by Crippen LogP contribution is 2.19. The van der Waals surface area contributed by atoms with E-state index in [-0.39, 0.29) is 0 Å². The molecule has 0 aromatic carbocycles. The van der Waals surface area contributed by atoms with Gasteiger partial charge in [-0.1, -0.05) is 20.8 Å². The fourth-order valence-electron chi connectivity index (χ4n) is 1.48. The van der Waals surface area contributed by atoms with Gasteiger partial charge in [-0.3, -0.25) is 0 Å². The SMILES string of the molecule is CCC(CC)(CC)NC(=O)NCC(F)(F)F. The number of urea groups is 1. The lowest BCUT2D eigenvalue weighted by molar-refractivity contribution is -0.122. The van der Waals surface area contributed by atoms with Gasteiger partial charge in [0.2, 0.25) is 0 Å². The maximum absolute atomic E-state index is 11.9. The lowest BCUT2D eigenvalue weighted by atomic mass is 9.90. The first-order valence-electron chi connectivity index (χ1n) is 5.41. The molecule has 2 N–H and O–H groups in total. The second-order valence-corrected chi connectivity index (χ2v) is 3.76. The molecule has 0 fully saturated rings. The van der Waals surface area contributed by atoms with Gasteiger partial charge in [0.05, 0.1) is 0 Å². The zero-order valence-corrected chi connectivity index (χ0v) is 9.87. The van der Waals surface area contributed by atoms with Gasteiger partial charge in [-0.15, -0.1) is 0 Å². The summed E-state index contributed by atoms with van der Waals surface area (Å²) >= 11 is 0. The Labute approximate surface area is 93.8 Å². The Morgan fingerprint density at radius 3 is 1.81 bits per heavy atom. The largest absolute Gasteiger partial charge is 0.405 e. The molecule has 0 aliphatic carbocycles. The number of alkyl halides is 3. The second kappa shape index (κ2) is 5.96. The maximum Gasteiger partial charge on any atom is 0.405 e. The van der Waals surface area contributed by atoms with E-state index in [4.69, 9.17) is 0 Å². The van der Waals surface area contributed by atoms with Crippen molar-refractivity contribution in [2.45, 2.75) is 51.7 Å². The molecule has 0 aliphatic rings. The minimum atomic E-state index is -4.37. The number of amides is 2. The zero-order chi connectivity index (χ0) is 12.8. The van der Waals surface area contributed by atoms with Crippen LogP contribution in [0.3, 0.4) is 0 Å². The van der Waals surface area contributed by atoms with Gasteiger partial charge in [-0.05, 0) is 19.3 Å². The summed E-state index contributed by atoms with van der Waals surface area (Å²) in [6.07, 6.45) is -2.29. The van der Waals surface area contributed by atoms with E-state index in [2.05, 4.69) is 5.32 Å². The molecule has 0 heterocycles. The van der Waals surface area contributed by atoms with Gasteiger partial charge in [0.15, 0.2) is 0 Å². The molecule has 0 aliphatic heterocycles. The Morgan fingerprint density at radius 2 is 1.50 bits per heavy atom. The van der Waals surface area contributed by atoms with Crippen molar-refractivity contribution in [2.24, 2.45) is 0 Å². The molecule has 96 valence electrons. The molecular weight excluding hydrogens is 221 g/mol. The van der Waals surface area contributed by atoms with E-state index in [9.17, 15) is 18.0 Å². The Hall–Kier alpha value is -0.940. The summed E-state index contributed by atoms with van der Waals surface area (Å²) in [6, 6.07) is -0.761. The molecule has 0 saturated heterocycles. The molecule has 0 aromatic heterocycles. The van der Waals surface area contributed by atoms with Crippen molar-refractivity contribution in [1.29, 1.82) is 0 Å². The van der Waals surface area contributed by atoms with Crippen molar-refractivity contribution in [3.63, 3.8) is 0 Å². The van der Waals surface area contributed by atoms with E-state index in [1.807, 2.05) is 20.8 Å². The number of halogens is 3. The fraction of sp³-hybridized carbons (Fsp3) is 0.900. The van der Waals surface area contributed by atoms with Crippen LogP contribution in [0.15, 0.2) is 0 Å². The van der Waals surface area contributed by atoms with E-state index in [0.29, 0.717) is 19.3 Å². The van der Waals surface area contributed by atoms with Gasteiger partial charge in [-0.2, -0.15) is 13.2 Å². The van der Waals surface area contributed by atoms with Crippen LogP contribution in [-0.2, 0) is 0 Å². The minimum absolute atomic E-state index is 0.407. The average Bonchev–Trinajstić information content (AvgIpc) is 2.22. The third-order valence-electron chi connectivity index (χ3n) is 2.86. The Morgan fingerprint density at radius 1 is 1.06 bits per heavy atom. The van der Waals surface area contributed by atoms with Crippen LogP contribution in [0, 0.1) is 0 Å². The number of carbonyl (C=O) groups excluding carboxylic acids is 1. The van der Waals surface area contributed by atoms with Crippen molar-refractivity contribution < 1.29 is 18.0 Å². The summed E-state index contributed by atoms with van der Waals surface area (Å²) in [7, 11) is 0. The minimum Gasteiger partial charge on any atom is -0.333 e.